The minimum absolute atomic E-state index is 0.0632. The van der Waals surface area contributed by atoms with Crippen molar-refractivity contribution >= 4 is 23.0 Å². The predicted molar refractivity (Wildman–Crippen MR) is 81.8 cm³/mol. The summed E-state index contributed by atoms with van der Waals surface area (Å²) in [6.07, 6.45) is 1.92. The second-order valence-electron chi connectivity index (χ2n) is 6.03. The molecule has 0 saturated carbocycles. The van der Waals surface area contributed by atoms with Gasteiger partial charge < -0.3 is 10.2 Å². The Morgan fingerprint density at radius 2 is 2.10 bits per heavy atom. The summed E-state index contributed by atoms with van der Waals surface area (Å²) >= 11 is 0. The number of anilines is 1. The van der Waals surface area contributed by atoms with Gasteiger partial charge in [-0.3, -0.25) is 4.79 Å². The number of benzene rings is 1. The summed E-state index contributed by atoms with van der Waals surface area (Å²) < 4.78 is 0. The number of aliphatic imine (C=N–C) groups is 1. The van der Waals surface area contributed by atoms with E-state index < -0.39 is 5.41 Å². The molecule has 0 spiro atoms. The number of amidine groups is 1. The van der Waals surface area contributed by atoms with Crippen LogP contribution in [0.3, 0.4) is 0 Å². The van der Waals surface area contributed by atoms with Gasteiger partial charge in [0.1, 0.15) is 5.84 Å². The standard InChI is InChI=1S/C16H19N3O/c1-10-17-8-12(9-19(10)4)11-5-6-13-14(7-11)18-15(20)16(13,2)3/h5-8H,9H2,1-4H3,(H,18,20). The van der Waals surface area contributed by atoms with E-state index in [1.54, 1.807) is 0 Å². The molecule has 0 bridgehead atoms. The predicted octanol–water partition coefficient (Wildman–Crippen LogP) is 2.62. The lowest BCUT2D eigenvalue weighted by Gasteiger charge is -2.24. The van der Waals surface area contributed by atoms with Crippen LogP contribution in [-0.2, 0) is 10.2 Å². The lowest BCUT2D eigenvalue weighted by Crippen LogP contribution is -2.28. The fraction of sp³-hybridized carbons (Fsp3) is 0.375. The van der Waals surface area contributed by atoms with Crippen LogP contribution < -0.4 is 5.32 Å². The summed E-state index contributed by atoms with van der Waals surface area (Å²) in [6, 6.07) is 6.18. The molecular formula is C16H19N3O. The molecule has 2 aliphatic heterocycles. The van der Waals surface area contributed by atoms with Crippen molar-refractivity contribution in [3.63, 3.8) is 0 Å². The summed E-state index contributed by atoms with van der Waals surface area (Å²) in [5.41, 5.74) is 3.83. The molecule has 20 heavy (non-hydrogen) atoms. The average Bonchev–Trinajstić information content (AvgIpc) is 2.63. The van der Waals surface area contributed by atoms with Crippen LogP contribution >= 0.6 is 0 Å². The van der Waals surface area contributed by atoms with Crippen molar-refractivity contribution in [3.8, 4) is 0 Å². The van der Waals surface area contributed by atoms with E-state index in [-0.39, 0.29) is 5.91 Å². The highest BCUT2D eigenvalue weighted by atomic mass is 16.2. The first-order valence-electron chi connectivity index (χ1n) is 6.80. The molecule has 0 unspecified atom stereocenters. The molecule has 104 valence electrons. The van der Waals surface area contributed by atoms with E-state index in [4.69, 9.17) is 0 Å². The van der Waals surface area contributed by atoms with Gasteiger partial charge in [0.25, 0.3) is 0 Å². The molecule has 0 atom stereocenters. The van der Waals surface area contributed by atoms with Gasteiger partial charge in [-0.1, -0.05) is 12.1 Å². The van der Waals surface area contributed by atoms with Gasteiger partial charge in [0.2, 0.25) is 5.91 Å². The Morgan fingerprint density at radius 1 is 1.35 bits per heavy atom. The fourth-order valence-electron chi connectivity index (χ4n) is 2.64. The number of nitrogens with one attached hydrogen (secondary N) is 1. The first-order chi connectivity index (χ1) is 9.39. The first-order valence-corrected chi connectivity index (χ1v) is 6.80. The molecule has 4 nitrogen and oxygen atoms in total. The molecular weight excluding hydrogens is 250 g/mol. The monoisotopic (exact) mass is 269 g/mol. The van der Waals surface area contributed by atoms with Gasteiger partial charge in [-0.25, -0.2) is 4.99 Å². The van der Waals surface area contributed by atoms with Gasteiger partial charge in [0.15, 0.2) is 0 Å². The van der Waals surface area contributed by atoms with Crippen LogP contribution in [0.4, 0.5) is 5.69 Å². The highest BCUT2D eigenvalue weighted by molar-refractivity contribution is 6.06. The third kappa shape index (κ3) is 1.83. The minimum atomic E-state index is -0.444. The maximum Gasteiger partial charge on any atom is 0.234 e. The van der Waals surface area contributed by atoms with E-state index in [2.05, 4.69) is 33.4 Å². The summed E-state index contributed by atoms with van der Waals surface area (Å²) in [7, 11) is 2.03. The van der Waals surface area contributed by atoms with Crippen molar-refractivity contribution in [2.75, 3.05) is 18.9 Å². The SMILES string of the molecule is CC1=NC=C(c2ccc3c(c2)NC(=O)C3(C)C)CN1C. The zero-order chi connectivity index (χ0) is 14.5. The molecule has 3 rings (SSSR count). The van der Waals surface area contributed by atoms with Crippen LogP contribution in [0.25, 0.3) is 5.57 Å². The number of amides is 1. The number of carbonyl (C=O) groups excluding carboxylic acids is 1. The Balaban J connectivity index is 2.00. The molecule has 1 N–H and O–H groups in total. The second-order valence-corrected chi connectivity index (χ2v) is 6.03. The summed E-state index contributed by atoms with van der Waals surface area (Å²) in [4.78, 5) is 18.5. The van der Waals surface area contributed by atoms with Gasteiger partial charge in [0.05, 0.1) is 5.41 Å². The largest absolute Gasteiger partial charge is 0.359 e. The maximum atomic E-state index is 12.0. The summed E-state index contributed by atoms with van der Waals surface area (Å²) in [5, 5.41) is 2.97. The van der Waals surface area contributed by atoms with Crippen molar-refractivity contribution in [2.45, 2.75) is 26.2 Å². The molecule has 2 heterocycles. The van der Waals surface area contributed by atoms with Crippen LogP contribution in [0.15, 0.2) is 29.4 Å². The number of nitrogens with zero attached hydrogens (tertiary/aromatic N) is 2. The van der Waals surface area contributed by atoms with Crippen molar-refractivity contribution in [2.24, 2.45) is 4.99 Å². The van der Waals surface area contributed by atoms with Crippen LogP contribution in [0.2, 0.25) is 0 Å². The molecule has 0 aromatic heterocycles. The molecule has 0 aliphatic carbocycles. The minimum Gasteiger partial charge on any atom is -0.359 e. The van der Waals surface area contributed by atoms with Crippen molar-refractivity contribution in [1.82, 2.24) is 4.90 Å². The Morgan fingerprint density at radius 3 is 2.80 bits per heavy atom. The topological polar surface area (TPSA) is 44.7 Å². The van der Waals surface area contributed by atoms with E-state index in [1.807, 2.05) is 34.0 Å². The number of likely N-dealkylation sites (N-methyl/N-ethyl adjacent to an activating group) is 1. The lowest BCUT2D eigenvalue weighted by molar-refractivity contribution is -0.119. The normalized spacial score (nSPS) is 20.2. The van der Waals surface area contributed by atoms with Crippen molar-refractivity contribution in [1.29, 1.82) is 0 Å². The van der Waals surface area contributed by atoms with E-state index in [9.17, 15) is 4.79 Å². The Kier molecular flexibility index (Phi) is 2.71. The third-order valence-electron chi connectivity index (χ3n) is 4.25. The highest BCUT2D eigenvalue weighted by Crippen LogP contribution is 2.38. The maximum absolute atomic E-state index is 12.0. The van der Waals surface area contributed by atoms with E-state index in [0.717, 1.165) is 29.2 Å². The summed E-state index contributed by atoms with van der Waals surface area (Å²) in [6.45, 7) is 6.74. The number of hydrogen-bond donors (Lipinski definition) is 1. The Bertz CT molecular complexity index is 656. The zero-order valence-electron chi connectivity index (χ0n) is 12.3. The number of hydrogen-bond acceptors (Lipinski definition) is 3. The van der Waals surface area contributed by atoms with Crippen molar-refractivity contribution < 1.29 is 4.79 Å². The first kappa shape index (κ1) is 12.9. The van der Waals surface area contributed by atoms with Gasteiger partial charge >= 0.3 is 0 Å². The van der Waals surface area contributed by atoms with E-state index >= 15 is 0 Å². The molecule has 0 saturated heterocycles. The van der Waals surface area contributed by atoms with E-state index in [1.165, 1.54) is 5.57 Å². The Hall–Kier alpha value is -2.10. The molecule has 0 fully saturated rings. The van der Waals surface area contributed by atoms with Crippen LogP contribution in [0.5, 0.6) is 0 Å². The second kappa shape index (κ2) is 4.20. The van der Waals surface area contributed by atoms with Gasteiger partial charge in [-0.05, 0) is 43.5 Å². The van der Waals surface area contributed by atoms with Crippen LogP contribution in [0.1, 0.15) is 31.9 Å². The molecule has 2 aliphatic rings. The fourth-order valence-corrected chi connectivity index (χ4v) is 2.64. The third-order valence-corrected chi connectivity index (χ3v) is 4.25. The van der Waals surface area contributed by atoms with E-state index in [0.29, 0.717) is 0 Å². The van der Waals surface area contributed by atoms with Gasteiger partial charge in [-0.15, -0.1) is 0 Å². The number of rotatable bonds is 1. The molecule has 1 aromatic carbocycles. The molecule has 1 amide bonds. The Labute approximate surface area is 119 Å². The molecule has 1 aromatic rings. The number of fused-ring (bicyclic) bond motifs is 1. The average molecular weight is 269 g/mol. The molecule has 4 heteroatoms. The van der Waals surface area contributed by atoms with Crippen molar-refractivity contribution in [3.05, 3.63) is 35.5 Å². The van der Waals surface area contributed by atoms with Crippen LogP contribution in [0, 0.1) is 0 Å². The zero-order valence-corrected chi connectivity index (χ0v) is 12.3. The summed E-state index contributed by atoms with van der Waals surface area (Å²) in [5.74, 6) is 1.08. The highest BCUT2D eigenvalue weighted by Gasteiger charge is 2.38. The van der Waals surface area contributed by atoms with Crippen LogP contribution in [-0.4, -0.2) is 30.2 Å². The lowest BCUT2D eigenvalue weighted by atomic mass is 9.85. The van der Waals surface area contributed by atoms with Gasteiger partial charge in [-0.2, -0.15) is 0 Å². The smallest absolute Gasteiger partial charge is 0.234 e. The quantitative estimate of drug-likeness (QED) is 0.851. The molecule has 0 radical (unpaired) electrons. The number of carbonyl (C=O) groups is 1. The van der Waals surface area contributed by atoms with Gasteiger partial charge in [0, 0.05) is 25.5 Å².